The zero-order chi connectivity index (χ0) is 21.5. The molecule has 3 aromatic heterocycles. The van der Waals surface area contributed by atoms with Gasteiger partial charge in [0.2, 0.25) is 11.3 Å². The quantitative estimate of drug-likeness (QED) is 0.292. The van der Waals surface area contributed by atoms with Gasteiger partial charge in [-0.05, 0) is 18.6 Å². The van der Waals surface area contributed by atoms with Crippen molar-refractivity contribution in [2.45, 2.75) is 25.9 Å². The van der Waals surface area contributed by atoms with Gasteiger partial charge in [0.1, 0.15) is 12.3 Å². The summed E-state index contributed by atoms with van der Waals surface area (Å²) in [4.78, 5) is 17.2. The third-order valence-corrected chi connectivity index (χ3v) is 5.39. The lowest BCUT2D eigenvalue weighted by molar-refractivity contribution is 0.248. The molecule has 1 aliphatic heterocycles. The summed E-state index contributed by atoms with van der Waals surface area (Å²) in [6.07, 6.45) is 7.67. The van der Waals surface area contributed by atoms with E-state index >= 15 is 4.39 Å². The molecule has 0 bridgehead atoms. The molecule has 32 heavy (non-hydrogen) atoms. The Hall–Kier alpha value is -3.67. The molecular weight excluding hydrogens is 441 g/mol. The molecular formula is C19H21ClFN9O2. The Kier molecular flexibility index (Phi) is 5.70. The van der Waals surface area contributed by atoms with E-state index in [2.05, 4.69) is 30.9 Å². The number of aromatic nitrogens is 7. The fourth-order valence-electron chi connectivity index (χ4n) is 3.84. The molecule has 0 fully saturated rings. The number of rotatable bonds is 6. The molecule has 0 saturated heterocycles. The minimum Gasteiger partial charge on any atom is -0.487 e. The number of halogens is 2. The van der Waals surface area contributed by atoms with Gasteiger partial charge in [0, 0.05) is 31.7 Å². The number of pyridine rings is 1. The van der Waals surface area contributed by atoms with Gasteiger partial charge in [-0.1, -0.05) is 0 Å². The van der Waals surface area contributed by atoms with Crippen LogP contribution in [0.15, 0.2) is 29.7 Å². The van der Waals surface area contributed by atoms with Crippen LogP contribution in [0.5, 0.6) is 5.75 Å². The molecule has 4 aromatic rings. The Morgan fingerprint density at radius 1 is 1.44 bits per heavy atom. The maximum Gasteiger partial charge on any atom is 0.210 e. The molecule has 5 rings (SSSR count). The van der Waals surface area contributed by atoms with Gasteiger partial charge in [0.25, 0.3) is 0 Å². The van der Waals surface area contributed by atoms with E-state index in [9.17, 15) is 4.79 Å². The molecule has 13 heteroatoms. The number of nitrogens with zero attached hydrogens (tertiary/aromatic N) is 6. The van der Waals surface area contributed by atoms with E-state index < -0.39 is 11.2 Å². The normalized spacial score (nSPS) is 14.8. The number of benzene rings is 1. The van der Waals surface area contributed by atoms with Crippen LogP contribution in [-0.2, 0) is 6.54 Å². The molecule has 0 aliphatic carbocycles. The molecule has 0 unspecified atom stereocenters. The summed E-state index contributed by atoms with van der Waals surface area (Å²) < 4.78 is 25.0. The highest BCUT2D eigenvalue weighted by Crippen LogP contribution is 2.43. The third kappa shape index (κ3) is 3.42. The van der Waals surface area contributed by atoms with Crippen LogP contribution in [0, 0.1) is 5.82 Å². The van der Waals surface area contributed by atoms with Crippen LogP contribution in [0.1, 0.15) is 19.4 Å². The number of anilines is 2. The molecule has 0 spiro atoms. The number of nitrogens with two attached hydrogens (primary N) is 1. The summed E-state index contributed by atoms with van der Waals surface area (Å²) in [6, 6.07) is -0.111. The van der Waals surface area contributed by atoms with Crippen molar-refractivity contribution in [3.05, 3.63) is 41.0 Å². The zero-order valence-corrected chi connectivity index (χ0v) is 17.9. The monoisotopic (exact) mass is 461 g/mol. The average Bonchev–Trinajstić information content (AvgIpc) is 3.47. The lowest BCUT2D eigenvalue weighted by Gasteiger charge is -2.29. The van der Waals surface area contributed by atoms with Crippen molar-refractivity contribution in [3.8, 4) is 17.1 Å². The molecule has 4 heterocycles. The fraction of sp³-hybridized carbons (Fsp3) is 0.316. The molecule has 1 aliphatic rings. The van der Waals surface area contributed by atoms with Crippen molar-refractivity contribution in [2.75, 3.05) is 24.2 Å². The second-order valence-corrected chi connectivity index (χ2v) is 7.41. The van der Waals surface area contributed by atoms with Crippen LogP contribution in [0.2, 0.25) is 0 Å². The van der Waals surface area contributed by atoms with Crippen LogP contribution in [0.3, 0.4) is 0 Å². The van der Waals surface area contributed by atoms with Crippen molar-refractivity contribution in [3.63, 3.8) is 0 Å². The predicted octanol–water partition coefficient (Wildman–Crippen LogP) is 1.98. The van der Waals surface area contributed by atoms with Crippen LogP contribution in [-0.4, -0.2) is 47.9 Å². The Bertz CT molecular complexity index is 1310. The van der Waals surface area contributed by atoms with Gasteiger partial charge in [0.05, 0.1) is 34.5 Å². The Labute approximate surface area is 187 Å². The number of aromatic amines is 1. The van der Waals surface area contributed by atoms with Crippen molar-refractivity contribution in [1.29, 1.82) is 0 Å². The van der Waals surface area contributed by atoms with E-state index in [1.165, 1.54) is 0 Å². The Morgan fingerprint density at radius 2 is 2.28 bits per heavy atom. The van der Waals surface area contributed by atoms with Gasteiger partial charge in [-0.3, -0.25) is 4.79 Å². The fourth-order valence-corrected chi connectivity index (χ4v) is 3.84. The topological polar surface area (TPSA) is 142 Å². The van der Waals surface area contributed by atoms with Gasteiger partial charge >= 0.3 is 0 Å². The minimum absolute atomic E-state index is 0. The summed E-state index contributed by atoms with van der Waals surface area (Å²) in [5, 5.41) is 16.8. The summed E-state index contributed by atoms with van der Waals surface area (Å²) in [5.74, 6) is -0.315. The van der Waals surface area contributed by atoms with Crippen molar-refractivity contribution in [2.24, 2.45) is 0 Å². The van der Waals surface area contributed by atoms with Gasteiger partial charge in [0.15, 0.2) is 11.6 Å². The molecule has 0 radical (unpaired) electrons. The SMILES string of the molecule is C[C@H]1COc2c(NCCCn3ccnc3)c(F)c(N)c3c(=O)c(-c4nn[nH]n4)cn1c23.Cl. The first-order chi connectivity index (χ1) is 15.1. The lowest BCUT2D eigenvalue weighted by atomic mass is 10.0. The third-order valence-electron chi connectivity index (χ3n) is 5.39. The Morgan fingerprint density at radius 3 is 3.00 bits per heavy atom. The first kappa shape index (κ1) is 21.6. The highest BCUT2D eigenvalue weighted by Gasteiger charge is 2.30. The number of imidazole rings is 1. The van der Waals surface area contributed by atoms with E-state index in [1.54, 1.807) is 18.7 Å². The molecule has 0 saturated carbocycles. The average molecular weight is 462 g/mol. The first-order valence-electron chi connectivity index (χ1n) is 9.82. The van der Waals surface area contributed by atoms with Gasteiger partial charge < -0.3 is 24.9 Å². The first-order valence-corrected chi connectivity index (χ1v) is 9.82. The number of nitrogen functional groups attached to an aromatic ring is 1. The zero-order valence-electron chi connectivity index (χ0n) is 17.1. The second kappa shape index (κ2) is 8.46. The number of aryl methyl sites for hydroxylation is 1. The predicted molar refractivity (Wildman–Crippen MR) is 119 cm³/mol. The van der Waals surface area contributed by atoms with E-state index in [4.69, 9.17) is 10.5 Å². The van der Waals surface area contributed by atoms with Crippen molar-refractivity contribution < 1.29 is 9.13 Å². The van der Waals surface area contributed by atoms with E-state index in [0.29, 0.717) is 18.7 Å². The maximum atomic E-state index is 15.3. The van der Waals surface area contributed by atoms with Crippen molar-refractivity contribution in [1.82, 2.24) is 34.7 Å². The molecule has 168 valence electrons. The molecule has 11 nitrogen and oxygen atoms in total. The minimum atomic E-state index is -0.714. The number of H-pyrrole nitrogens is 1. The number of nitrogens with one attached hydrogen (secondary N) is 2. The summed E-state index contributed by atoms with van der Waals surface area (Å²) in [5.41, 5.74) is 6.20. The van der Waals surface area contributed by atoms with Crippen LogP contribution in [0.4, 0.5) is 15.8 Å². The van der Waals surface area contributed by atoms with Crippen LogP contribution < -0.4 is 21.2 Å². The van der Waals surface area contributed by atoms with Crippen molar-refractivity contribution >= 4 is 34.7 Å². The maximum absolute atomic E-state index is 15.3. The number of ether oxygens (including phenoxy) is 1. The smallest absolute Gasteiger partial charge is 0.210 e. The number of tetrazole rings is 1. The molecule has 1 atom stereocenters. The summed E-state index contributed by atoms with van der Waals surface area (Å²) in [7, 11) is 0. The highest BCUT2D eigenvalue weighted by atomic mass is 35.5. The van der Waals surface area contributed by atoms with Gasteiger partial charge in [-0.15, -0.1) is 22.6 Å². The number of hydrogen-bond donors (Lipinski definition) is 3. The second-order valence-electron chi connectivity index (χ2n) is 7.41. The molecule has 0 amide bonds. The summed E-state index contributed by atoms with van der Waals surface area (Å²) >= 11 is 0. The highest BCUT2D eigenvalue weighted by molar-refractivity contribution is 6.01. The summed E-state index contributed by atoms with van der Waals surface area (Å²) in [6.45, 7) is 3.45. The molecule has 4 N–H and O–H groups in total. The van der Waals surface area contributed by atoms with Crippen LogP contribution in [0.25, 0.3) is 22.3 Å². The lowest BCUT2D eigenvalue weighted by Crippen LogP contribution is -2.26. The Balaban J connectivity index is 0.00000245. The number of hydrogen-bond acceptors (Lipinski definition) is 8. The van der Waals surface area contributed by atoms with E-state index in [0.717, 1.165) is 13.0 Å². The van der Waals surface area contributed by atoms with E-state index in [1.807, 2.05) is 22.3 Å². The largest absolute Gasteiger partial charge is 0.487 e. The standard InChI is InChI=1S/C19H20FN9O2.ClH/c1-10-8-31-18-15(23-3-2-5-28-6-4-22-9-28)13(20)14(21)12-16(18)29(10)7-11(17(12)30)19-24-26-27-25-19;/h4,6-7,9-10,23H,2-3,5,8,21H2,1H3,(H,24,25,26,27);1H/t10-;/m0./s1. The molecule has 1 aromatic carbocycles. The van der Waals surface area contributed by atoms with Crippen LogP contribution >= 0.6 is 12.4 Å². The van der Waals surface area contributed by atoms with Gasteiger partial charge in [-0.25, -0.2) is 9.37 Å². The van der Waals surface area contributed by atoms with E-state index in [-0.39, 0.29) is 52.3 Å². The van der Waals surface area contributed by atoms with Gasteiger partial charge in [-0.2, -0.15) is 5.21 Å².